The fraction of sp³-hybridized carbons (Fsp3) is 0.636. The number of nitrogens with two attached hydrogens (primary N) is 1. The molecule has 1 fully saturated rings. The molecule has 0 saturated carbocycles. The maximum Gasteiger partial charge on any atom is 0.225 e. The molecule has 1 aliphatic rings. The lowest BCUT2D eigenvalue weighted by molar-refractivity contribution is 0.609. The molecule has 82 valence electrons. The highest BCUT2D eigenvalue weighted by Gasteiger charge is 2.25. The van der Waals surface area contributed by atoms with E-state index >= 15 is 0 Å². The minimum absolute atomic E-state index is 0.539. The van der Waals surface area contributed by atoms with Crippen LogP contribution in [-0.4, -0.2) is 29.1 Å². The first-order valence-electron chi connectivity index (χ1n) is 5.57. The summed E-state index contributed by atoms with van der Waals surface area (Å²) in [6.45, 7) is 3.81. The van der Waals surface area contributed by atoms with E-state index in [0.717, 1.165) is 31.2 Å². The number of aromatic nitrogens is 2. The summed E-state index contributed by atoms with van der Waals surface area (Å²) in [5, 5.41) is 0. The van der Waals surface area contributed by atoms with Gasteiger partial charge in [0.2, 0.25) is 5.95 Å². The number of hydrogen-bond donors (Lipinski definition) is 1. The molecule has 0 amide bonds. The number of hydrogen-bond acceptors (Lipinski definition) is 4. The van der Waals surface area contributed by atoms with Gasteiger partial charge in [-0.2, -0.15) is 0 Å². The van der Waals surface area contributed by atoms with Crippen molar-refractivity contribution in [3.8, 4) is 0 Å². The average Bonchev–Trinajstić information content (AvgIpc) is 2.66. The van der Waals surface area contributed by atoms with Gasteiger partial charge in [-0.05, 0) is 38.8 Å². The Labute approximate surface area is 90.5 Å². The van der Waals surface area contributed by atoms with E-state index in [4.69, 9.17) is 5.73 Å². The van der Waals surface area contributed by atoms with Crippen LogP contribution in [0.3, 0.4) is 0 Å². The first-order valence-corrected chi connectivity index (χ1v) is 5.57. The molecule has 2 N–H and O–H groups in total. The SMILES string of the molecule is Cc1ccnc(N2CCCC2CCN)n1. The molecule has 4 nitrogen and oxygen atoms in total. The molecule has 1 aromatic rings. The summed E-state index contributed by atoms with van der Waals surface area (Å²) in [6, 6.07) is 2.47. The van der Waals surface area contributed by atoms with Gasteiger partial charge in [-0.15, -0.1) is 0 Å². The van der Waals surface area contributed by atoms with Gasteiger partial charge in [0.1, 0.15) is 0 Å². The molecule has 1 aromatic heterocycles. The maximum atomic E-state index is 5.61. The highest BCUT2D eigenvalue weighted by Crippen LogP contribution is 2.23. The van der Waals surface area contributed by atoms with Crippen molar-refractivity contribution in [3.05, 3.63) is 18.0 Å². The Morgan fingerprint density at radius 1 is 1.60 bits per heavy atom. The molecule has 1 aliphatic heterocycles. The molecular weight excluding hydrogens is 188 g/mol. The van der Waals surface area contributed by atoms with Crippen molar-refractivity contribution in [2.45, 2.75) is 32.2 Å². The van der Waals surface area contributed by atoms with Gasteiger partial charge in [0, 0.05) is 24.5 Å². The Morgan fingerprint density at radius 2 is 2.47 bits per heavy atom. The zero-order valence-electron chi connectivity index (χ0n) is 9.19. The molecule has 4 heteroatoms. The Kier molecular flexibility index (Phi) is 3.16. The third kappa shape index (κ3) is 2.26. The Balaban J connectivity index is 2.15. The van der Waals surface area contributed by atoms with Gasteiger partial charge in [-0.25, -0.2) is 9.97 Å². The molecule has 0 aromatic carbocycles. The highest BCUT2D eigenvalue weighted by molar-refractivity contribution is 5.33. The van der Waals surface area contributed by atoms with Gasteiger partial charge in [-0.3, -0.25) is 0 Å². The summed E-state index contributed by atoms with van der Waals surface area (Å²) >= 11 is 0. The molecule has 15 heavy (non-hydrogen) atoms. The molecule has 0 spiro atoms. The van der Waals surface area contributed by atoms with Gasteiger partial charge in [0.05, 0.1) is 0 Å². The topological polar surface area (TPSA) is 55.0 Å². The Bertz CT molecular complexity index is 326. The van der Waals surface area contributed by atoms with E-state index in [1.165, 1.54) is 12.8 Å². The van der Waals surface area contributed by atoms with Crippen LogP contribution >= 0.6 is 0 Å². The second kappa shape index (κ2) is 4.57. The second-order valence-corrected chi connectivity index (χ2v) is 4.06. The van der Waals surface area contributed by atoms with Crippen LogP contribution in [0.4, 0.5) is 5.95 Å². The summed E-state index contributed by atoms with van der Waals surface area (Å²) in [4.78, 5) is 11.1. The second-order valence-electron chi connectivity index (χ2n) is 4.06. The molecule has 2 heterocycles. The minimum Gasteiger partial charge on any atom is -0.338 e. The maximum absolute atomic E-state index is 5.61. The van der Waals surface area contributed by atoms with Crippen LogP contribution in [0, 0.1) is 6.92 Å². The molecular formula is C11H18N4. The molecule has 2 rings (SSSR count). The lowest BCUT2D eigenvalue weighted by Gasteiger charge is -2.24. The summed E-state index contributed by atoms with van der Waals surface area (Å²) in [7, 11) is 0. The number of aryl methyl sites for hydroxylation is 1. The average molecular weight is 206 g/mol. The first-order chi connectivity index (χ1) is 7.31. The molecule has 0 bridgehead atoms. The van der Waals surface area contributed by atoms with E-state index in [1.54, 1.807) is 0 Å². The van der Waals surface area contributed by atoms with Crippen molar-refractivity contribution >= 4 is 5.95 Å². The predicted molar refractivity (Wildman–Crippen MR) is 60.8 cm³/mol. The van der Waals surface area contributed by atoms with Crippen molar-refractivity contribution < 1.29 is 0 Å². The van der Waals surface area contributed by atoms with Crippen molar-refractivity contribution in [3.63, 3.8) is 0 Å². The summed E-state index contributed by atoms with van der Waals surface area (Å²) in [5.41, 5.74) is 6.64. The van der Waals surface area contributed by atoms with Gasteiger partial charge in [-0.1, -0.05) is 0 Å². The van der Waals surface area contributed by atoms with Gasteiger partial charge in [0.25, 0.3) is 0 Å². The van der Waals surface area contributed by atoms with E-state index < -0.39 is 0 Å². The Hall–Kier alpha value is -1.16. The van der Waals surface area contributed by atoms with Crippen LogP contribution in [0.1, 0.15) is 25.0 Å². The monoisotopic (exact) mass is 206 g/mol. The van der Waals surface area contributed by atoms with Gasteiger partial charge in [0.15, 0.2) is 0 Å². The van der Waals surface area contributed by atoms with E-state index in [1.807, 2.05) is 19.2 Å². The standard InChI is InChI=1S/C11H18N4/c1-9-5-7-13-11(14-9)15-8-2-3-10(15)4-6-12/h5,7,10H,2-4,6,8,12H2,1H3. The number of nitrogens with zero attached hydrogens (tertiary/aromatic N) is 3. The van der Waals surface area contributed by atoms with Crippen LogP contribution in [-0.2, 0) is 0 Å². The fourth-order valence-corrected chi connectivity index (χ4v) is 2.17. The summed E-state index contributed by atoms with van der Waals surface area (Å²) in [5.74, 6) is 0.867. The van der Waals surface area contributed by atoms with E-state index in [0.29, 0.717) is 6.04 Å². The summed E-state index contributed by atoms with van der Waals surface area (Å²) in [6.07, 6.45) is 5.31. The predicted octanol–water partition coefficient (Wildman–Crippen LogP) is 1.10. The smallest absolute Gasteiger partial charge is 0.225 e. The zero-order chi connectivity index (χ0) is 10.7. The third-order valence-electron chi connectivity index (χ3n) is 2.92. The quantitative estimate of drug-likeness (QED) is 0.804. The molecule has 1 saturated heterocycles. The zero-order valence-corrected chi connectivity index (χ0v) is 9.19. The van der Waals surface area contributed by atoms with Crippen LogP contribution in [0.25, 0.3) is 0 Å². The van der Waals surface area contributed by atoms with E-state index in [2.05, 4.69) is 14.9 Å². The minimum atomic E-state index is 0.539. The Morgan fingerprint density at radius 3 is 3.20 bits per heavy atom. The molecule has 1 atom stereocenters. The van der Waals surface area contributed by atoms with Crippen molar-refractivity contribution in [2.75, 3.05) is 18.0 Å². The van der Waals surface area contributed by atoms with Crippen LogP contribution in [0.15, 0.2) is 12.3 Å². The molecule has 0 radical (unpaired) electrons. The number of rotatable bonds is 3. The van der Waals surface area contributed by atoms with Gasteiger partial charge >= 0.3 is 0 Å². The summed E-state index contributed by atoms with van der Waals surface area (Å²) < 4.78 is 0. The highest BCUT2D eigenvalue weighted by atomic mass is 15.3. The van der Waals surface area contributed by atoms with Crippen molar-refractivity contribution in [1.82, 2.24) is 9.97 Å². The lowest BCUT2D eigenvalue weighted by Crippen LogP contribution is -2.32. The van der Waals surface area contributed by atoms with Gasteiger partial charge < -0.3 is 10.6 Å². The molecule has 0 aliphatic carbocycles. The van der Waals surface area contributed by atoms with Crippen molar-refractivity contribution in [2.24, 2.45) is 5.73 Å². The van der Waals surface area contributed by atoms with Crippen LogP contribution in [0.2, 0.25) is 0 Å². The fourth-order valence-electron chi connectivity index (χ4n) is 2.17. The first kappa shape index (κ1) is 10.4. The van der Waals surface area contributed by atoms with E-state index in [-0.39, 0.29) is 0 Å². The van der Waals surface area contributed by atoms with Crippen molar-refractivity contribution in [1.29, 1.82) is 0 Å². The van der Waals surface area contributed by atoms with E-state index in [9.17, 15) is 0 Å². The third-order valence-corrected chi connectivity index (χ3v) is 2.92. The lowest BCUT2D eigenvalue weighted by atomic mass is 10.1. The number of anilines is 1. The normalized spacial score (nSPS) is 20.9. The van der Waals surface area contributed by atoms with Crippen LogP contribution < -0.4 is 10.6 Å². The molecule has 1 unspecified atom stereocenters. The largest absolute Gasteiger partial charge is 0.338 e. The van der Waals surface area contributed by atoms with Crippen LogP contribution in [0.5, 0.6) is 0 Å².